The summed E-state index contributed by atoms with van der Waals surface area (Å²) in [5.41, 5.74) is 2.19. The Kier molecular flexibility index (Phi) is 6.36. The SMILES string of the molecule is Cc1cc(C)c(NC(=O)COC(=O)CN2C(=O)c3cc(Cl)c(Cl)cc3C2=O)c(Cl)c1. The molecule has 1 aliphatic heterocycles. The Balaban J connectivity index is 1.59. The zero-order chi connectivity index (χ0) is 22.2. The molecule has 0 saturated heterocycles. The number of nitrogens with one attached hydrogen (secondary N) is 1. The number of carbonyl (C=O) groups is 4. The molecule has 0 unspecified atom stereocenters. The molecule has 156 valence electrons. The number of benzene rings is 2. The molecule has 10 heteroatoms. The van der Waals surface area contributed by atoms with Gasteiger partial charge in [-0.15, -0.1) is 0 Å². The first kappa shape index (κ1) is 22.1. The molecule has 1 N–H and O–H groups in total. The van der Waals surface area contributed by atoms with Crippen molar-refractivity contribution in [2.75, 3.05) is 18.5 Å². The van der Waals surface area contributed by atoms with E-state index >= 15 is 0 Å². The van der Waals surface area contributed by atoms with Gasteiger partial charge in [-0.05, 0) is 43.2 Å². The number of ether oxygens (including phenoxy) is 1. The number of anilines is 1. The predicted molar refractivity (Wildman–Crippen MR) is 112 cm³/mol. The molecular formula is C20H15Cl3N2O5. The number of halogens is 3. The van der Waals surface area contributed by atoms with Crippen molar-refractivity contribution in [2.24, 2.45) is 0 Å². The third-order valence-electron chi connectivity index (χ3n) is 4.36. The van der Waals surface area contributed by atoms with Crippen molar-refractivity contribution >= 4 is 64.2 Å². The fourth-order valence-electron chi connectivity index (χ4n) is 3.00. The van der Waals surface area contributed by atoms with Crippen LogP contribution >= 0.6 is 34.8 Å². The molecule has 1 heterocycles. The highest BCUT2D eigenvalue weighted by atomic mass is 35.5. The van der Waals surface area contributed by atoms with Gasteiger partial charge in [-0.25, -0.2) is 0 Å². The van der Waals surface area contributed by atoms with Crippen LogP contribution in [0.15, 0.2) is 24.3 Å². The van der Waals surface area contributed by atoms with E-state index in [0.29, 0.717) is 15.6 Å². The Hall–Kier alpha value is -2.61. The first-order valence-corrected chi connectivity index (χ1v) is 9.79. The largest absolute Gasteiger partial charge is 0.454 e. The molecule has 0 aromatic heterocycles. The highest BCUT2D eigenvalue weighted by molar-refractivity contribution is 6.43. The predicted octanol–water partition coefficient (Wildman–Crippen LogP) is 4.04. The number of hydrogen-bond donors (Lipinski definition) is 1. The van der Waals surface area contributed by atoms with Crippen LogP contribution in [0.25, 0.3) is 0 Å². The highest BCUT2D eigenvalue weighted by Crippen LogP contribution is 2.31. The molecule has 0 atom stereocenters. The number of imide groups is 1. The van der Waals surface area contributed by atoms with Crippen LogP contribution in [0.3, 0.4) is 0 Å². The smallest absolute Gasteiger partial charge is 0.326 e. The normalized spacial score (nSPS) is 12.8. The molecule has 0 radical (unpaired) electrons. The van der Waals surface area contributed by atoms with Crippen LogP contribution < -0.4 is 5.32 Å². The molecule has 0 spiro atoms. The zero-order valence-electron chi connectivity index (χ0n) is 15.8. The van der Waals surface area contributed by atoms with Gasteiger partial charge in [-0.2, -0.15) is 0 Å². The number of hydrogen-bond acceptors (Lipinski definition) is 5. The van der Waals surface area contributed by atoms with Crippen molar-refractivity contribution < 1.29 is 23.9 Å². The fourth-order valence-corrected chi connectivity index (χ4v) is 3.69. The van der Waals surface area contributed by atoms with Gasteiger partial charge >= 0.3 is 5.97 Å². The molecule has 0 fully saturated rings. The summed E-state index contributed by atoms with van der Waals surface area (Å²) < 4.78 is 4.89. The van der Waals surface area contributed by atoms with Crippen LogP contribution in [0.2, 0.25) is 15.1 Å². The number of aryl methyl sites for hydroxylation is 2. The molecule has 2 aromatic rings. The van der Waals surface area contributed by atoms with Crippen LogP contribution in [0, 0.1) is 13.8 Å². The lowest BCUT2D eigenvalue weighted by Crippen LogP contribution is -2.36. The Morgan fingerprint density at radius 1 is 0.933 bits per heavy atom. The van der Waals surface area contributed by atoms with Crippen LogP contribution in [-0.2, 0) is 14.3 Å². The van der Waals surface area contributed by atoms with Crippen molar-refractivity contribution in [1.82, 2.24) is 4.90 Å². The number of esters is 1. The van der Waals surface area contributed by atoms with Gasteiger partial charge in [0.25, 0.3) is 17.7 Å². The van der Waals surface area contributed by atoms with Crippen LogP contribution in [0.5, 0.6) is 0 Å². The third-order valence-corrected chi connectivity index (χ3v) is 5.38. The van der Waals surface area contributed by atoms with E-state index in [0.717, 1.165) is 11.1 Å². The lowest BCUT2D eigenvalue weighted by Gasteiger charge is -2.14. The molecule has 30 heavy (non-hydrogen) atoms. The molecule has 3 amide bonds. The Morgan fingerprint density at radius 2 is 1.50 bits per heavy atom. The van der Waals surface area contributed by atoms with Crippen molar-refractivity contribution in [3.05, 3.63) is 61.6 Å². The number of nitrogens with zero attached hydrogens (tertiary/aromatic N) is 1. The fraction of sp³-hybridized carbons (Fsp3) is 0.200. The lowest BCUT2D eigenvalue weighted by atomic mass is 10.1. The molecule has 2 aromatic carbocycles. The second-order valence-electron chi connectivity index (χ2n) is 6.66. The molecule has 1 aliphatic rings. The molecule has 7 nitrogen and oxygen atoms in total. The minimum Gasteiger partial charge on any atom is -0.454 e. The van der Waals surface area contributed by atoms with Gasteiger partial charge in [0.15, 0.2) is 6.61 Å². The van der Waals surface area contributed by atoms with E-state index in [2.05, 4.69) is 5.32 Å². The lowest BCUT2D eigenvalue weighted by molar-refractivity contribution is -0.147. The Bertz CT molecular complexity index is 1040. The highest BCUT2D eigenvalue weighted by Gasteiger charge is 2.37. The Morgan fingerprint density at radius 3 is 2.03 bits per heavy atom. The third kappa shape index (κ3) is 4.43. The van der Waals surface area contributed by atoms with Gasteiger partial charge in [0, 0.05) is 0 Å². The summed E-state index contributed by atoms with van der Waals surface area (Å²) in [4.78, 5) is 49.7. The van der Waals surface area contributed by atoms with E-state index in [1.54, 1.807) is 13.0 Å². The van der Waals surface area contributed by atoms with Crippen molar-refractivity contribution in [1.29, 1.82) is 0 Å². The monoisotopic (exact) mass is 468 g/mol. The van der Waals surface area contributed by atoms with E-state index in [1.807, 2.05) is 13.0 Å². The van der Waals surface area contributed by atoms with E-state index < -0.39 is 36.8 Å². The van der Waals surface area contributed by atoms with Gasteiger partial charge in [-0.1, -0.05) is 40.9 Å². The average molecular weight is 470 g/mol. The summed E-state index contributed by atoms with van der Waals surface area (Å²) in [5.74, 6) is -2.93. The van der Waals surface area contributed by atoms with E-state index in [-0.39, 0.29) is 21.2 Å². The first-order valence-electron chi connectivity index (χ1n) is 8.66. The van der Waals surface area contributed by atoms with Crippen LogP contribution in [0.4, 0.5) is 5.69 Å². The number of rotatable bonds is 5. The summed E-state index contributed by atoms with van der Waals surface area (Å²) in [5, 5.41) is 3.16. The van der Waals surface area contributed by atoms with Gasteiger partial charge in [0.1, 0.15) is 6.54 Å². The minimum atomic E-state index is -0.927. The maximum atomic E-state index is 12.4. The molecule has 0 bridgehead atoms. The molecule has 0 aliphatic carbocycles. The van der Waals surface area contributed by atoms with Crippen molar-refractivity contribution in [2.45, 2.75) is 13.8 Å². The number of amides is 3. The summed E-state index contributed by atoms with van der Waals surface area (Å²) in [7, 11) is 0. The second kappa shape index (κ2) is 8.63. The summed E-state index contributed by atoms with van der Waals surface area (Å²) in [6.45, 7) is 2.39. The van der Waals surface area contributed by atoms with E-state index in [4.69, 9.17) is 39.5 Å². The standard InChI is InChI=1S/C20H15Cl3N2O5/c1-9-3-10(2)18(15(23)4-9)24-16(26)8-30-17(27)7-25-19(28)11-5-13(21)14(22)6-12(11)20(25)29/h3-6H,7-8H2,1-2H3,(H,24,26). The average Bonchev–Trinajstić information content (AvgIpc) is 2.88. The minimum absolute atomic E-state index is 0.0458. The topological polar surface area (TPSA) is 92.8 Å². The quantitative estimate of drug-likeness (QED) is 0.527. The summed E-state index contributed by atoms with van der Waals surface area (Å²) in [6.07, 6.45) is 0. The van der Waals surface area contributed by atoms with Gasteiger partial charge in [-0.3, -0.25) is 24.1 Å². The van der Waals surface area contributed by atoms with Gasteiger partial charge in [0.05, 0.1) is 31.9 Å². The number of carbonyl (C=O) groups excluding carboxylic acids is 4. The van der Waals surface area contributed by atoms with Gasteiger partial charge in [0.2, 0.25) is 0 Å². The van der Waals surface area contributed by atoms with Gasteiger partial charge < -0.3 is 10.1 Å². The van der Waals surface area contributed by atoms with Crippen LogP contribution in [-0.4, -0.2) is 41.7 Å². The molecule has 3 rings (SSSR count). The van der Waals surface area contributed by atoms with E-state index in [9.17, 15) is 19.2 Å². The van der Waals surface area contributed by atoms with Crippen molar-refractivity contribution in [3.8, 4) is 0 Å². The first-order chi connectivity index (χ1) is 14.1. The summed E-state index contributed by atoms with van der Waals surface area (Å²) in [6, 6.07) is 6.07. The maximum absolute atomic E-state index is 12.4. The number of fused-ring (bicyclic) bond motifs is 1. The Labute approximate surface area is 186 Å². The summed E-state index contributed by atoms with van der Waals surface area (Å²) >= 11 is 17.9. The zero-order valence-corrected chi connectivity index (χ0v) is 18.1. The van der Waals surface area contributed by atoms with E-state index in [1.165, 1.54) is 12.1 Å². The maximum Gasteiger partial charge on any atom is 0.326 e. The van der Waals surface area contributed by atoms with Crippen LogP contribution in [0.1, 0.15) is 31.8 Å². The van der Waals surface area contributed by atoms with Crippen molar-refractivity contribution in [3.63, 3.8) is 0 Å². The molecule has 0 saturated carbocycles. The molecular weight excluding hydrogens is 455 g/mol. The second-order valence-corrected chi connectivity index (χ2v) is 7.88.